The normalized spacial score (nSPS) is 15.4. The summed E-state index contributed by atoms with van der Waals surface area (Å²) in [5.74, 6) is 0.0515. The summed E-state index contributed by atoms with van der Waals surface area (Å²) in [5, 5.41) is 3.28. The minimum Gasteiger partial charge on any atom is -0.380 e. The number of nitrogens with one attached hydrogen (secondary N) is 1. The molecule has 6 nitrogen and oxygen atoms in total. The molecular formula is C17H21N5O. The van der Waals surface area contributed by atoms with Gasteiger partial charge >= 0.3 is 0 Å². The van der Waals surface area contributed by atoms with Crippen molar-refractivity contribution in [1.82, 2.24) is 19.8 Å². The van der Waals surface area contributed by atoms with Crippen LogP contribution in [0.1, 0.15) is 15.9 Å². The van der Waals surface area contributed by atoms with Crippen molar-refractivity contribution < 1.29 is 4.79 Å². The van der Waals surface area contributed by atoms with Crippen LogP contribution in [-0.4, -0.2) is 58.9 Å². The lowest BCUT2D eigenvalue weighted by molar-refractivity contribution is 0.0663. The van der Waals surface area contributed by atoms with Gasteiger partial charge in [0.1, 0.15) is 0 Å². The summed E-state index contributed by atoms with van der Waals surface area (Å²) in [6, 6.07) is 5.78. The molecule has 0 unspecified atom stereocenters. The van der Waals surface area contributed by atoms with Crippen molar-refractivity contribution in [2.45, 2.75) is 6.54 Å². The maximum atomic E-state index is 12.6. The Bertz CT molecular complexity index is 653. The summed E-state index contributed by atoms with van der Waals surface area (Å²) in [4.78, 5) is 25.0. The predicted molar refractivity (Wildman–Crippen MR) is 89.2 cm³/mol. The molecule has 0 aromatic carbocycles. The summed E-state index contributed by atoms with van der Waals surface area (Å²) >= 11 is 0. The van der Waals surface area contributed by atoms with Crippen LogP contribution in [-0.2, 0) is 6.54 Å². The van der Waals surface area contributed by atoms with E-state index in [-0.39, 0.29) is 5.91 Å². The molecule has 1 aliphatic rings. The number of hydrogen-bond acceptors (Lipinski definition) is 5. The first-order chi connectivity index (χ1) is 11.2. The number of nitrogens with zero attached hydrogens (tertiary/aromatic N) is 4. The average molecular weight is 311 g/mol. The van der Waals surface area contributed by atoms with Crippen LogP contribution >= 0.6 is 0 Å². The number of likely N-dealkylation sites (N-methyl/N-ethyl adjacent to an activating group) is 1. The Morgan fingerprint density at radius 3 is 2.74 bits per heavy atom. The minimum atomic E-state index is 0.0515. The Morgan fingerprint density at radius 1 is 1.17 bits per heavy atom. The first-order valence-corrected chi connectivity index (χ1v) is 7.78. The van der Waals surface area contributed by atoms with Crippen LogP contribution in [0.15, 0.2) is 43.0 Å². The molecule has 0 atom stereocenters. The van der Waals surface area contributed by atoms with Crippen molar-refractivity contribution in [3.05, 3.63) is 54.1 Å². The van der Waals surface area contributed by atoms with Gasteiger partial charge in [0.2, 0.25) is 0 Å². The van der Waals surface area contributed by atoms with E-state index in [0.717, 1.165) is 37.4 Å². The molecule has 1 aliphatic heterocycles. The highest BCUT2D eigenvalue weighted by atomic mass is 16.2. The van der Waals surface area contributed by atoms with E-state index in [2.05, 4.69) is 27.2 Å². The topological polar surface area (TPSA) is 61.4 Å². The number of pyridine rings is 2. The zero-order valence-corrected chi connectivity index (χ0v) is 13.3. The van der Waals surface area contributed by atoms with Crippen LogP contribution in [0.4, 0.5) is 5.69 Å². The van der Waals surface area contributed by atoms with Gasteiger partial charge in [0, 0.05) is 57.5 Å². The number of piperazine rings is 1. The molecule has 1 fully saturated rings. The largest absolute Gasteiger partial charge is 0.380 e. The van der Waals surface area contributed by atoms with Crippen molar-refractivity contribution in [2.24, 2.45) is 0 Å². The molecule has 0 bridgehead atoms. The lowest BCUT2D eigenvalue weighted by Crippen LogP contribution is -2.47. The molecule has 120 valence electrons. The molecule has 2 aromatic rings. The number of aromatic nitrogens is 2. The van der Waals surface area contributed by atoms with Gasteiger partial charge in [-0.05, 0) is 24.7 Å². The second-order valence-electron chi connectivity index (χ2n) is 5.77. The van der Waals surface area contributed by atoms with Gasteiger partial charge in [0.05, 0.1) is 11.3 Å². The van der Waals surface area contributed by atoms with E-state index in [0.29, 0.717) is 12.1 Å². The van der Waals surface area contributed by atoms with E-state index in [1.165, 1.54) is 0 Å². The maximum Gasteiger partial charge on any atom is 0.255 e. The van der Waals surface area contributed by atoms with Crippen molar-refractivity contribution in [3.8, 4) is 0 Å². The quantitative estimate of drug-likeness (QED) is 0.926. The van der Waals surface area contributed by atoms with Crippen LogP contribution < -0.4 is 5.32 Å². The average Bonchev–Trinajstić information content (AvgIpc) is 2.61. The zero-order valence-electron chi connectivity index (χ0n) is 13.3. The van der Waals surface area contributed by atoms with E-state index < -0.39 is 0 Å². The fourth-order valence-corrected chi connectivity index (χ4v) is 2.55. The molecule has 0 spiro atoms. The second-order valence-corrected chi connectivity index (χ2v) is 5.77. The lowest BCUT2D eigenvalue weighted by Gasteiger charge is -2.32. The van der Waals surface area contributed by atoms with Crippen molar-refractivity contribution in [2.75, 3.05) is 38.5 Å². The van der Waals surface area contributed by atoms with Crippen LogP contribution in [0.25, 0.3) is 0 Å². The Hall–Kier alpha value is -2.47. The van der Waals surface area contributed by atoms with Crippen molar-refractivity contribution in [3.63, 3.8) is 0 Å². The third-order valence-electron chi connectivity index (χ3n) is 4.00. The Morgan fingerprint density at radius 2 is 2.00 bits per heavy atom. The second kappa shape index (κ2) is 7.19. The van der Waals surface area contributed by atoms with Crippen molar-refractivity contribution >= 4 is 11.6 Å². The molecule has 1 N–H and O–H groups in total. The van der Waals surface area contributed by atoms with Crippen LogP contribution in [0.2, 0.25) is 0 Å². The SMILES string of the molecule is CN1CCN(C(=O)c2cncc(NCc3cccnc3)c2)CC1. The Balaban J connectivity index is 1.64. The van der Waals surface area contributed by atoms with Gasteiger partial charge in [0.15, 0.2) is 0 Å². The predicted octanol–water partition coefficient (Wildman–Crippen LogP) is 1.48. The molecule has 3 rings (SSSR count). The van der Waals surface area contributed by atoms with Gasteiger partial charge in [-0.1, -0.05) is 6.07 Å². The summed E-state index contributed by atoms with van der Waals surface area (Å²) in [6.45, 7) is 4.02. The van der Waals surface area contributed by atoms with Gasteiger partial charge in [0.25, 0.3) is 5.91 Å². The molecule has 0 saturated carbocycles. The zero-order chi connectivity index (χ0) is 16.1. The highest BCUT2D eigenvalue weighted by Crippen LogP contribution is 2.13. The van der Waals surface area contributed by atoms with E-state index in [1.54, 1.807) is 18.6 Å². The summed E-state index contributed by atoms with van der Waals surface area (Å²) < 4.78 is 0. The van der Waals surface area contributed by atoms with Gasteiger partial charge < -0.3 is 15.1 Å². The van der Waals surface area contributed by atoms with Gasteiger partial charge in [-0.2, -0.15) is 0 Å². The smallest absolute Gasteiger partial charge is 0.255 e. The van der Waals surface area contributed by atoms with E-state index >= 15 is 0 Å². The fourth-order valence-electron chi connectivity index (χ4n) is 2.55. The molecule has 1 amide bonds. The van der Waals surface area contributed by atoms with Gasteiger partial charge in [-0.3, -0.25) is 14.8 Å². The number of amides is 1. The maximum absolute atomic E-state index is 12.6. The summed E-state index contributed by atoms with van der Waals surface area (Å²) in [5.41, 5.74) is 2.56. The number of anilines is 1. The van der Waals surface area contributed by atoms with E-state index in [4.69, 9.17) is 0 Å². The Labute approximate surface area is 136 Å². The standard InChI is InChI=1S/C17H21N5O/c1-21-5-7-22(8-6-21)17(23)15-9-16(13-19-12-15)20-11-14-3-2-4-18-10-14/h2-4,9-10,12-13,20H,5-8,11H2,1H3. The first kappa shape index (κ1) is 15.4. The van der Waals surface area contributed by atoms with Crippen molar-refractivity contribution in [1.29, 1.82) is 0 Å². The first-order valence-electron chi connectivity index (χ1n) is 7.78. The minimum absolute atomic E-state index is 0.0515. The highest BCUT2D eigenvalue weighted by molar-refractivity contribution is 5.94. The molecule has 1 saturated heterocycles. The third-order valence-corrected chi connectivity index (χ3v) is 4.00. The molecule has 0 aliphatic carbocycles. The third kappa shape index (κ3) is 4.04. The van der Waals surface area contributed by atoms with Gasteiger partial charge in [-0.25, -0.2) is 0 Å². The van der Waals surface area contributed by atoms with Gasteiger partial charge in [-0.15, -0.1) is 0 Å². The van der Waals surface area contributed by atoms with E-state index in [9.17, 15) is 4.79 Å². The number of carbonyl (C=O) groups excluding carboxylic acids is 1. The Kier molecular flexibility index (Phi) is 4.83. The van der Waals surface area contributed by atoms with Crippen LogP contribution in [0.5, 0.6) is 0 Å². The summed E-state index contributed by atoms with van der Waals surface area (Å²) in [6.07, 6.45) is 6.94. The lowest BCUT2D eigenvalue weighted by atomic mass is 10.2. The van der Waals surface area contributed by atoms with E-state index in [1.807, 2.05) is 29.3 Å². The molecular weight excluding hydrogens is 290 g/mol. The monoisotopic (exact) mass is 311 g/mol. The van der Waals surface area contributed by atoms with Crippen LogP contribution in [0, 0.1) is 0 Å². The number of carbonyl (C=O) groups is 1. The summed E-state index contributed by atoms with van der Waals surface area (Å²) in [7, 11) is 2.08. The number of hydrogen-bond donors (Lipinski definition) is 1. The molecule has 2 aromatic heterocycles. The molecule has 3 heterocycles. The van der Waals surface area contributed by atoms with Crippen LogP contribution in [0.3, 0.4) is 0 Å². The fraction of sp³-hybridized carbons (Fsp3) is 0.353. The molecule has 6 heteroatoms. The number of rotatable bonds is 4. The molecule has 0 radical (unpaired) electrons. The highest BCUT2D eigenvalue weighted by Gasteiger charge is 2.20. The molecule has 23 heavy (non-hydrogen) atoms.